The molecule has 1 aromatic rings. The Labute approximate surface area is 92.9 Å². The van der Waals surface area contributed by atoms with Crippen LogP contribution in [0.4, 0.5) is 0 Å². The van der Waals surface area contributed by atoms with Gasteiger partial charge in [0.1, 0.15) is 5.75 Å². The van der Waals surface area contributed by atoms with Gasteiger partial charge < -0.3 is 9.47 Å². The average Bonchev–Trinajstić information content (AvgIpc) is 2.64. The highest BCUT2D eigenvalue weighted by Gasteiger charge is 2.17. The Balaban J connectivity index is 2.04. The molecule has 78 valence electrons. The minimum atomic E-state index is -0.287. The van der Waals surface area contributed by atoms with E-state index in [0.29, 0.717) is 6.42 Å². The lowest BCUT2D eigenvalue weighted by Crippen LogP contribution is -2.09. The summed E-state index contributed by atoms with van der Waals surface area (Å²) in [5.41, 5.74) is 1.09. The highest BCUT2D eigenvalue weighted by atomic mass is 32.1. The molecule has 5 heteroatoms. The van der Waals surface area contributed by atoms with Crippen LogP contribution in [0.5, 0.6) is 5.75 Å². The van der Waals surface area contributed by atoms with Gasteiger partial charge in [0.25, 0.3) is 0 Å². The fraction of sp³-hybridized carbons (Fsp3) is 0.300. The molecule has 1 aliphatic heterocycles. The van der Waals surface area contributed by atoms with Crippen LogP contribution in [-0.4, -0.2) is 18.5 Å². The topological polar surface area (TPSA) is 43.2 Å². The standard InChI is InChI=1S/C10H10N2O2S/c1-13-8-4-2-3-7(5-8)6-9-11-12-10(15)14-9/h2-5,9H,6H2,1H3. The number of hydrogen-bond acceptors (Lipinski definition) is 4. The summed E-state index contributed by atoms with van der Waals surface area (Å²) in [6, 6.07) is 7.76. The van der Waals surface area contributed by atoms with Crippen LogP contribution < -0.4 is 4.74 Å². The SMILES string of the molecule is COc1cccc(CC2N=NC(=S)O2)c1. The van der Waals surface area contributed by atoms with Gasteiger partial charge in [-0.2, -0.15) is 0 Å². The first-order chi connectivity index (χ1) is 7.28. The summed E-state index contributed by atoms with van der Waals surface area (Å²) in [6.07, 6.45) is 0.366. The van der Waals surface area contributed by atoms with E-state index >= 15 is 0 Å². The maximum atomic E-state index is 5.20. The Kier molecular flexibility index (Phi) is 2.91. The van der Waals surface area contributed by atoms with Crippen LogP contribution in [0.3, 0.4) is 0 Å². The number of thiocarbonyl (C=S) groups is 1. The fourth-order valence-corrected chi connectivity index (χ4v) is 1.52. The number of methoxy groups -OCH3 is 1. The maximum Gasteiger partial charge on any atom is 0.304 e. The monoisotopic (exact) mass is 222 g/mol. The molecule has 15 heavy (non-hydrogen) atoms. The first kappa shape index (κ1) is 10.0. The summed E-state index contributed by atoms with van der Waals surface area (Å²) in [5, 5.41) is 7.76. The third-order valence-corrected chi connectivity index (χ3v) is 2.23. The van der Waals surface area contributed by atoms with Gasteiger partial charge in [0.15, 0.2) is 0 Å². The van der Waals surface area contributed by atoms with E-state index in [2.05, 4.69) is 10.2 Å². The molecular formula is C10H10N2O2S. The van der Waals surface area contributed by atoms with Crippen molar-refractivity contribution in [3.05, 3.63) is 29.8 Å². The number of hydrogen-bond donors (Lipinski definition) is 0. The molecule has 1 heterocycles. The summed E-state index contributed by atoms with van der Waals surface area (Å²) >= 11 is 4.75. The Hall–Kier alpha value is -1.49. The Bertz CT molecular complexity index is 406. The van der Waals surface area contributed by atoms with Gasteiger partial charge in [-0.05, 0) is 29.9 Å². The molecule has 0 fully saturated rings. The lowest BCUT2D eigenvalue weighted by atomic mass is 10.1. The number of ether oxygens (including phenoxy) is 2. The van der Waals surface area contributed by atoms with Crippen LogP contribution in [0, 0.1) is 0 Å². The third kappa shape index (κ3) is 2.50. The van der Waals surface area contributed by atoms with Crippen LogP contribution in [0.15, 0.2) is 34.5 Å². The Morgan fingerprint density at radius 3 is 3.07 bits per heavy atom. The quantitative estimate of drug-likeness (QED) is 0.737. The van der Waals surface area contributed by atoms with Crippen molar-refractivity contribution in [2.75, 3.05) is 7.11 Å². The van der Waals surface area contributed by atoms with Gasteiger partial charge in [0, 0.05) is 6.42 Å². The fourth-order valence-electron chi connectivity index (χ4n) is 1.36. The molecule has 1 atom stereocenters. The summed E-state index contributed by atoms with van der Waals surface area (Å²) in [5.74, 6) is 0.824. The first-order valence-electron chi connectivity index (χ1n) is 4.52. The van der Waals surface area contributed by atoms with E-state index in [-0.39, 0.29) is 11.4 Å². The van der Waals surface area contributed by atoms with Crippen molar-refractivity contribution >= 4 is 17.4 Å². The molecule has 0 aromatic heterocycles. The van der Waals surface area contributed by atoms with E-state index in [1.165, 1.54) is 0 Å². The highest BCUT2D eigenvalue weighted by molar-refractivity contribution is 7.80. The van der Waals surface area contributed by atoms with Crippen molar-refractivity contribution in [2.45, 2.75) is 12.6 Å². The van der Waals surface area contributed by atoms with Crippen molar-refractivity contribution in [3.8, 4) is 5.75 Å². The minimum absolute atomic E-state index is 0.211. The molecule has 0 spiro atoms. The first-order valence-corrected chi connectivity index (χ1v) is 4.93. The van der Waals surface area contributed by atoms with E-state index in [4.69, 9.17) is 21.7 Å². The smallest absolute Gasteiger partial charge is 0.304 e. The number of azo groups is 1. The second-order valence-electron chi connectivity index (χ2n) is 3.11. The van der Waals surface area contributed by atoms with E-state index in [1.54, 1.807) is 7.11 Å². The van der Waals surface area contributed by atoms with Crippen molar-refractivity contribution in [1.29, 1.82) is 0 Å². The lowest BCUT2D eigenvalue weighted by molar-refractivity contribution is 0.222. The average molecular weight is 222 g/mol. The normalized spacial score (nSPS) is 19.0. The number of nitrogens with zero attached hydrogens (tertiary/aromatic N) is 2. The summed E-state index contributed by atoms with van der Waals surface area (Å²) in [4.78, 5) is 0. The molecule has 1 aliphatic rings. The zero-order chi connectivity index (χ0) is 10.7. The second kappa shape index (κ2) is 4.35. The lowest BCUT2D eigenvalue weighted by Gasteiger charge is -2.07. The second-order valence-corrected chi connectivity index (χ2v) is 3.46. The van der Waals surface area contributed by atoms with Crippen LogP contribution in [-0.2, 0) is 11.2 Å². The van der Waals surface area contributed by atoms with Crippen molar-refractivity contribution < 1.29 is 9.47 Å². The van der Waals surface area contributed by atoms with Gasteiger partial charge in [0.2, 0.25) is 6.23 Å². The molecule has 2 rings (SSSR count). The molecule has 0 saturated heterocycles. The van der Waals surface area contributed by atoms with Crippen molar-refractivity contribution in [3.63, 3.8) is 0 Å². The summed E-state index contributed by atoms with van der Waals surface area (Å²) in [6.45, 7) is 0. The van der Waals surface area contributed by atoms with Crippen molar-refractivity contribution in [2.24, 2.45) is 10.2 Å². The summed E-state index contributed by atoms with van der Waals surface area (Å²) in [7, 11) is 1.64. The molecule has 1 unspecified atom stereocenters. The van der Waals surface area contributed by atoms with Gasteiger partial charge in [-0.1, -0.05) is 12.1 Å². The zero-order valence-corrected chi connectivity index (χ0v) is 9.03. The predicted octanol–water partition coefficient (Wildman–Crippen LogP) is 2.33. The van der Waals surface area contributed by atoms with Gasteiger partial charge >= 0.3 is 5.17 Å². The van der Waals surface area contributed by atoms with E-state index < -0.39 is 0 Å². The summed E-state index contributed by atoms with van der Waals surface area (Å²) < 4.78 is 10.3. The molecule has 0 aliphatic carbocycles. The van der Waals surface area contributed by atoms with Crippen LogP contribution in [0.1, 0.15) is 5.56 Å². The van der Waals surface area contributed by atoms with Crippen LogP contribution >= 0.6 is 12.2 Å². The van der Waals surface area contributed by atoms with Gasteiger partial charge in [0.05, 0.1) is 7.11 Å². The number of benzene rings is 1. The van der Waals surface area contributed by atoms with E-state index in [0.717, 1.165) is 11.3 Å². The Morgan fingerprint density at radius 1 is 1.53 bits per heavy atom. The van der Waals surface area contributed by atoms with E-state index in [1.807, 2.05) is 24.3 Å². The number of rotatable bonds is 3. The van der Waals surface area contributed by atoms with Gasteiger partial charge in [-0.15, -0.1) is 10.2 Å². The molecule has 0 radical (unpaired) electrons. The van der Waals surface area contributed by atoms with Gasteiger partial charge in [-0.3, -0.25) is 0 Å². The van der Waals surface area contributed by atoms with Crippen LogP contribution in [0.2, 0.25) is 0 Å². The van der Waals surface area contributed by atoms with E-state index in [9.17, 15) is 0 Å². The molecule has 0 N–H and O–H groups in total. The molecular weight excluding hydrogens is 212 g/mol. The third-order valence-electron chi connectivity index (χ3n) is 2.05. The predicted molar refractivity (Wildman–Crippen MR) is 59.0 cm³/mol. The zero-order valence-electron chi connectivity index (χ0n) is 8.21. The van der Waals surface area contributed by atoms with Crippen LogP contribution in [0.25, 0.3) is 0 Å². The molecule has 0 amide bonds. The molecule has 0 bridgehead atoms. The van der Waals surface area contributed by atoms with Gasteiger partial charge in [-0.25, -0.2) is 0 Å². The molecule has 4 nitrogen and oxygen atoms in total. The Morgan fingerprint density at radius 2 is 2.40 bits per heavy atom. The maximum absolute atomic E-state index is 5.20. The molecule has 1 aromatic carbocycles. The molecule has 0 saturated carbocycles. The van der Waals surface area contributed by atoms with Crippen molar-refractivity contribution in [1.82, 2.24) is 0 Å². The largest absolute Gasteiger partial charge is 0.497 e. The minimum Gasteiger partial charge on any atom is -0.497 e. The highest BCUT2D eigenvalue weighted by Crippen LogP contribution is 2.17.